The van der Waals surface area contributed by atoms with Crippen LogP contribution in [0.2, 0.25) is 0 Å². The highest BCUT2D eigenvalue weighted by molar-refractivity contribution is 5.88. The maximum absolute atomic E-state index is 10.8. The minimum absolute atomic E-state index is 0.357. The Labute approximate surface area is 138 Å². The number of rotatable bonds is 3. The average molecular weight is 320 g/mol. The van der Waals surface area contributed by atoms with Crippen molar-refractivity contribution in [2.75, 3.05) is 5.32 Å². The van der Waals surface area contributed by atoms with E-state index in [1.165, 1.54) is 11.8 Å². The zero-order valence-corrected chi connectivity index (χ0v) is 13.1. The first-order valence-electron chi connectivity index (χ1n) is 7.79. The Balaban J connectivity index is 1.62. The van der Waals surface area contributed by atoms with Crippen molar-refractivity contribution in [3.63, 3.8) is 0 Å². The maximum Gasteiger partial charge on any atom is 0.409 e. The van der Waals surface area contributed by atoms with Crippen LogP contribution in [-0.2, 0) is 0 Å². The zero-order valence-electron chi connectivity index (χ0n) is 13.1. The molecule has 2 N–H and O–H groups in total. The molecule has 120 valence electrons. The quantitative estimate of drug-likeness (QED) is 0.768. The Bertz CT molecular complexity index is 941. The van der Waals surface area contributed by atoms with Gasteiger partial charge >= 0.3 is 6.09 Å². The molecule has 1 amide bonds. The normalized spacial score (nSPS) is 19.2. The van der Waals surface area contributed by atoms with Gasteiger partial charge in [-0.2, -0.15) is 0 Å². The van der Waals surface area contributed by atoms with E-state index >= 15 is 0 Å². The Morgan fingerprint density at radius 3 is 2.88 bits per heavy atom. The monoisotopic (exact) mass is 320 g/mol. The number of pyridine rings is 1. The van der Waals surface area contributed by atoms with Gasteiger partial charge in [-0.25, -0.2) is 14.8 Å². The summed E-state index contributed by atoms with van der Waals surface area (Å²) in [6.07, 6.45) is 3.28. The molecule has 0 radical (unpaired) electrons. The molecule has 0 bridgehead atoms. The van der Waals surface area contributed by atoms with Gasteiger partial charge in [0, 0.05) is 23.2 Å². The van der Waals surface area contributed by atoms with Crippen molar-refractivity contribution in [3.05, 3.63) is 59.8 Å². The van der Waals surface area contributed by atoms with Gasteiger partial charge in [0.15, 0.2) is 0 Å². The molecule has 1 aromatic carbocycles. The third-order valence-electron chi connectivity index (χ3n) is 4.32. The van der Waals surface area contributed by atoms with Crippen LogP contribution in [0.15, 0.2) is 42.7 Å². The number of aryl methyl sites for hydroxylation is 1. The van der Waals surface area contributed by atoms with Crippen LogP contribution in [0.5, 0.6) is 0 Å². The standard InChI is InChI=1S/C18H16N4O2/c1-10-4-5-19-17(21-10)15-8-14(15)11-2-3-16-12(6-11)7-13(9-20-16)22-18(23)24/h2-7,9,14-15,22H,8H2,1H3,(H,23,24)/t14-,15+/m1/s1. The summed E-state index contributed by atoms with van der Waals surface area (Å²) in [5.74, 6) is 1.67. The summed E-state index contributed by atoms with van der Waals surface area (Å²) >= 11 is 0. The third kappa shape index (κ3) is 2.78. The molecular formula is C18H16N4O2. The molecule has 0 spiro atoms. The van der Waals surface area contributed by atoms with Crippen molar-refractivity contribution < 1.29 is 9.90 Å². The summed E-state index contributed by atoms with van der Waals surface area (Å²) in [5, 5.41) is 12.1. The first kappa shape index (κ1) is 14.6. The van der Waals surface area contributed by atoms with Crippen LogP contribution in [0.4, 0.5) is 10.5 Å². The van der Waals surface area contributed by atoms with Crippen molar-refractivity contribution in [2.45, 2.75) is 25.2 Å². The SMILES string of the molecule is Cc1ccnc([C@H]2C[C@@H]2c2ccc3ncc(NC(=O)O)cc3c2)n1. The van der Waals surface area contributed by atoms with Crippen molar-refractivity contribution >= 4 is 22.7 Å². The number of fused-ring (bicyclic) bond motifs is 1. The summed E-state index contributed by atoms with van der Waals surface area (Å²) in [7, 11) is 0. The van der Waals surface area contributed by atoms with Gasteiger partial charge in [0.25, 0.3) is 0 Å². The van der Waals surface area contributed by atoms with Gasteiger partial charge in [-0.15, -0.1) is 0 Å². The van der Waals surface area contributed by atoms with Crippen LogP contribution in [0, 0.1) is 6.92 Å². The molecule has 4 rings (SSSR count). The van der Waals surface area contributed by atoms with Crippen LogP contribution in [0.3, 0.4) is 0 Å². The fourth-order valence-corrected chi connectivity index (χ4v) is 3.07. The van der Waals surface area contributed by atoms with E-state index in [-0.39, 0.29) is 0 Å². The second-order valence-corrected chi connectivity index (χ2v) is 6.11. The lowest BCUT2D eigenvalue weighted by Crippen LogP contribution is -2.07. The number of nitrogens with one attached hydrogen (secondary N) is 1. The first-order valence-corrected chi connectivity index (χ1v) is 7.79. The summed E-state index contributed by atoms with van der Waals surface area (Å²) < 4.78 is 0. The molecular weight excluding hydrogens is 304 g/mol. The van der Waals surface area contributed by atoms with Crippen LogP contribution in [0.25, 0.3) is 10.9 Å². The summed E-state index contributed by atoms with van der Waals surface area (Å²) in [5.41, 5.74) is 3.52. The largest absolute Gasteiger partial charge is 0.465 e. The highest BCUT2D eigenvalue weighted by atomic mass is 16.4. The molecule has 6 heteroatoms. The number of carboxylic acid groups (broad SMARTS) is 1. The smallest absolute Gasteiger partial charge is 0.409 e. The van der Waals surface area contributed by atoms with Gasteiger partial charge in [0.1, 0.15) is 5.82 Å². The predicted octanol–water partition coefficient (Wildman–Crippen LogP) is 3.69. The number of hydrogen-bond donors (Lipinski definition) is 2. The molecule has 6 nitrogen and oxygen atoms in total. The molecule has 2 atom stereocenters. The van der Waals surface area contributed by atoms with Crippen LogP contribution in [0.1, 0.15) is 35.3 Å². The van der Waals surface area contributed by atoms with E-state index in [1.807, 2.05) is 19.1 Å². The van der Waals surface area contributed by atoms with Gasteiger partial charge in [-0.05, 0) is 49.1 Å². The number of carbonyl (C=O) groups is 1. The van der Waals surface area contributed by atoms with E-state index in [2.05, 4.69) is 32.4 Å². The van der Waals surface area contributed by atoms with E-state index < -0.39 is 6.09 Å². The highest BCUT2D eigenvalue weighted by Crippen LogP contribution is 2.53. The molecule has 2 heterocycles. The second kappa shape index (κ2) is 5.56. The number of benzene rings is 1. The van der Waals surface area contributed by atoms with Gasteiger partial charge in [0.05, 0.1) is 17.4 Å². The molecule has 1 aliphatic carbocycles. The summed E-state index contributed by atoms with van der Waals surface area (Å²) in [6.45, 7) is 1.97. The Morgan fingerprint density at radius 1 is 1.21 bits per heavy atom. The fourth-order valence-electron chi connectivity index (χ4n) is 3.07. The van der Waals surface area contributed by atoms with Gasteiger partial charge in [0.2, 0.25) is 0 Å². The molecule has 0 unspecified atom stereocenters. The molecule has 3 aromatic rings. The van der Waals surface area contributed by atoms with E-state index in [0.29, 0.717) is 17.5 Å². The van der Waals surface area contributed by atoms with E-state index in [0.717, 1.165) is 28.8 Å². The number of aromatic nitrogens is 3. The fraction of sp³-hybridized carbons (Fsp3) is 0.222. The Kier molecular flexibility index (Phi) is 3.37. The van der Waals surface area contributed by atoms with Crippen LogP contribution < -0.4 is 5.32 Å². The first-order chi connectivity index (χ1) is 11.6. The molecule has 1 fully saturated rings. The van der Waals surface area contributed by atoms with Gasteiger partial charge in [-0.1, -0.05) is 6.07 Å². The molecule has 0 saturated heterocycles. The molecule has 2 aromatic heterocycles. The van der Waals surface area contributed by atoms with E-state index in [1.54, 1.807) is 12.3 Å². The number of hydrogen-bond acceptors (Lipinski definition) is 4. The molecule has 1 aliphatic rings. The van der Waals surface area contributed by atoms with Crippen LogP contribution in [-0.4, -0.2) is 26.2 Å². The Hall–Kier alpha value is -3.02. The average Bonchev–Trinajstić information content (AvgIpc) is 3.34. The summed E-state index contributed by atoms with van der Waals surface area (Å²) in [4.78, 5) is 24.0. The van der Waals surface area contributed by atoms with E-state index in [9.17, 15) is 4.79 Å². The van der Waals surface area contributed by atoms with Crippen molar-refractivity contribution in [1.29, 1.82) is 0 Å². The predicted molar refractivity (Wildman–Crippen MR) is 90.3 cm³/mol. The lowest BCUT2D eigenvalue weighted by molar-refractivity contribution is 0.209. The number of amides is 1. The number of nitrogens with zero attached hydrogens (tertiary/aromatic N) is 3. The molecule has 0 aliphatic heterocycles. The second-order valence-electron chi connectivity index (χ2n) is 6.11. The minimum atomic E-state index is -1.09. The van der Waals surface area contributed by atoms with Gasteiger partial charge < -0.3 is 5.11 Å². The van der Waals surface area contributed by atoms with Crippen molar-refractivity contribution in [3.8, 4) is 0 Å². The lowest BCUT2D eigenvalue weighted by atomic mass is 10.1. The zero-order chi connectivity index (χ0) is 16.7. The molecule has 1 saturated carbocycles. The van der Waals surface area contributed by atoms with Crippen molar-refractivity contribution in [2.24, 2.45) is 0 Å². The minimum Gasteiger partial charge on any atom is -0.465 e. The molecule has 24 heavy (non-hydrogen) atoms. The lowest BCUT2D eigenvalue weighted by Gasteiger charge is -2.06. The van der Waals surface area contributed by atoms with Gasteiger partial charge in [-0.3, -0.25) is 10.3 Å². The van der Waals surface area contributed by atoms with Crippen molar-refractivity contribution in [1.82, 2.24) is 15.0 Å². The Morgan fingerprint density at radius 2 is 2.08 bits per heavy atom. The summed E-state index contributed by atoms with van der Waals surface area (Å²) in [6, 6.07) is 9.84. The third-order valence-corrected chi connectivity index (χ3v) is 4.32. The van der Waals surface area contributed by atoms with E-state index in [4.69, 9.17) is 5.11 Å². The van der Waals surface area contributed by atoms with Crippen LogP contribution >= 0.6 is 0 Å². The number of anilines is 1. The highest BCUT2D eigenvalue weighted by Gasteiger charge is 2.41. The topological polar surface area (TPSA) is 88.0 Å². The maximum atomic E-state index is 10.8.